The Labute approximate surface area is 184 Å². The van der Waals surface area contributed by atoms with Gasteiger partial charge >= 0.3 is 13.1 Å². The lowest BCUT2D eigenvalue weighted by molar-refractivity contribution is -0.143. The number of phenolic OH excluding ortho intramolecular Hbond substituents is 1. The Bertz CT molecular complexity index is 880. The minimum Gasteiger partial charge on any atom is -0.504 e. The molecule has 1 aliphatic rings. The number of carbonyl (C=O) groups excluding carboxylic acids is 1. The fourth-order valence-electron chi connectivity index (χ4n) is 3.44. The van der Waals surface area contributed by atoms with Crippen LogP contribution in [0.3, 0.4) is 0 Å². The molecule has 2 aromatic carbocycles. The Morgan fingerprint density at radius 3 is 2.32 bits per heavy atom. The molecule has 0 spiro atoms. The zero-order chi connectivity index (χ0) is 22.6. The van der Waals surface area contributed by atoms with Crippen LogP contribution in [0.4, 0.5) is 0 Å². The molecule has 0 amide bonds. The highest BCUT2D eigenvalue weighted by Gasteiger charge is 2.54. The summed E-state index contributed by atoms with van der Waals surface area (Å²) < 4.78 is 23.5. The molecule has 0 bridgehead atoms. The highest BCUT2D eigenvalue weighted by molar-refractivity contribution is 6.48. The Morgan fingerprint density at radius 1 is 1.06 bits per heavy atom. The summed E-state index contributed by atoms with van der Waals surface area (Å²) in [4.78, 5) is 12.4. The number of esters is 1. The second kappa shape index (κ2) is 9.33. The summed E-state index contributed by atoms with van der Waals surface area (Å²) in [5.74, 6) is -0.378. The summed E-state index contributed by atoms with van der Waals surface area (Å²) in [6.45, 7) is 10.3. The molecule has 0 aromatic heterocycles. The topological polar surface area (TPSA) is 74.2 Å². The molecule has 1 fully saturated rings. The average Bonchev–Trinajstić information content (AvgIpc) is 2.93. The van der Waals surface area contributed by atoms with Gasteiger partial charge in [0.2, 0.25) is 0 Å². The van der Waals surface area contributed by atoms with Crippen molar-refractivity contribution in [3.63, 3.8) is 0 Å². The van der Waals surface area contributed by atoms with Crippen LogP contribution in [0.2, 0.25) is 0 Å². The minimum atomic E-state index is -0.638. The Hall–Kier alpha value is -2.51. The van der Waals surface area contributed by atoms with Crippen molar-refractivity contribution in [2.45, 2.75) is 64.7 Å². The van der Waals surface area contributed by atoms with Crippen LogP contribution in [0, 0.1) is 0 Å². The van der Waals surface area contributed by atoms with Crippen molar-refractivity contribution in [2.75, 3.05) is 6.61 Å². The van der Waals surface area contributed by atoms with Crippen LogP contribution in [0.25, 0.3) is 0 Å². The molecular formula is C24H31BO6. The van der Waals surface area contributed by atoms with E-state index in [1.807, 2.05) is 58.0 Å². The average molecular weight is 426 g/mol. The SMILES string of the molecule is CCOC(=O)CC(B1OC(C)(C)C(C)(C)O1)c1ccc(O)c(OCc2ccccc2)c1. The van der Waals surface area contributed by atoms with E-state index in [-0.39, 0.29) is 18.1 Å². The second-order valence-electron chi connectivity index (χ2n) is 8.74. The van der Waals surface area contributed by atoms with Crippen molar-refractivity contribution in [3.8, 4) is 11.5 Å². The van der Waals surface area contributed by atoms with Crippen molar-refractivity contribution in [3.05, 3.63) is 59.7 Å². The fourth-order valence-corrected chi connectivity index (χ4v) is 3.44. The predicted octanol–water partition coefficient (Wildman–Crippen LogP) is 4.64. The van der Waals surface area contributed by atoms with Crippen LogP contribution in [0.1, 0.15) is 58.0 Å². The molecule has 1 aliphatic heterocycles. The summed E-state index contributed by atoms with van der Waals surface area (Å²) >= 11 is 0. The maximum Gasteiger partial charge on any atom is 0.466 e. The Balaban J connectivity index is 1.87. The highest BCUT2D eigenvalue weighted by Crippen LogP contribution is 2.43. The summed E-state index contributed by atoms with van der Waals surface area (Å²) in [6, 6.07) is 14.8. The summed E-state index contributed by atoms with van der Waals surface area (Å²) in [5, 5.41) is 10.3. The largest absolute Gasteiger partial charge is 0.504 e. The van der Waals surface area contributed by atoms with Gasteiger partial charge in [-0.15, -0.1) is 0 Å². The van der Waals surface area contributed by atoms with E-state index in [4.69, 9.17) is 18.8 Å². The smallest absolute Gasteiger partial charge is 0.466 e. The van der Waals surface area contributed by atoms with E-state index >= 15 is 0 Å². The molecule has 166 valence electrons. The third-order valence-corrected chi connectivity index (χ3v) is 5.94. The van der Waals surface area contributed by atoms with Crippen molar-refractivity contribution in [1.82, 2.24) is 0 Å². The van der Waals surface area contributed by atoms with Crippen LogP contribution >= 0.6 is 0 Å². The first-order chi connectivity index (χ1) is 14.6. The van der Waals surface area contributed by atoms with E-state index in [0.29, 0.717) is 19.0 Å². The third-order valence-electron chi connectivity index (χ3n) is 5.94. The molecule has 1 unspecified atom stereocenters. The van der Waals surface area contributed by atoms with Crippen molar-refractivity contribution in [1.29, 1.82) is 0 Å². The number of phenols is 1. The minimum absolute atomic E-state index is 0.0310. The molecule has 1 heterocycles. The summed E-state index contributed by atoms with van der Waals surface area (Å²) in [5.41, 5.74) is 0.691. The first kappa shape index (κ1) is 23.2. The van der Waals surface area contributed by atoms with Crippen LogP contribution < -0.4 is 4.74 Å². The van der Waals surface area contributed by atoms with E-state index < -0.39 is 24.1 Å². The molecule has 1 atom stereocenters. The van der Waals surface area contributed by atoms with E-state index in [0.717, 1.165) is 11.1 Å². The Kier molecular flexibility index (Phi) is 6.97. The van der Waals surface area contributed by atoms with Crippen LogP contribution in [0.5, 0.6) is 11.5 Å². The second-order valence-corrected chi connectivity index (χ2v) is 8.74. The van der Waals surface area contributed by atoms with Crippen LogP contribution in [-0.2, 0) is 25.4 Å². The normalized spacial score (nSPS) is 17.9. The first-order valence-electron chi connectivity index (χ1n) is 10.6. The number of rotatable bonds is 8. The number of benzene rings is 2. The van der Waals surface area contributed by atoms with Gasteiger partial charge in [-0.25, -0.2) is 0 Å². The van der Waals surface area contributed by atoms with Crippen molar-refractivity contribution >= 4 is 13.1 Å². The van der Waals surface area contributed by atoms with Gasteiger partial charge in [0, 0.05) is 5.82 Å². The lowest BCUT2D eigenvalue weighted by Crippen LogP contribution is -2.41. The standard InChI is InChI=1S/C24H31BO6/c1-6-28-22(27)15-19(25-30-23(2,3)24(4,5)31-25)18-12-13-20(26)21(14-18)29-16-17-10-8-7-9-11-17/h7-14,19,26H,6,15-16H2,1-5H3. The van der Waals surface area contributed by atoms with Gasteiger partial charge in [0.15, 0.2) is 11.5 Å². The molecular weight excluding hydrogens is 395 g/mol. The van der Waals surface area contributed by atoms with Gasteiger partial charge < -0.3 is 23.9 Å². The molecule has 0 aliphatic carbocycles. The maximum atomic E-state index is 12.4. The molecule has 2 aromatic rings. The van der Waals surface area contributed by atoms with Crippen molar-refractivity contribution < 1.29 is 28.7 Å². The zero-order valence-corrected chi connectivity index (χ0v) is 18.9. The van der Waals surface area contributed by atoms with Crippen LogP contribution in [-0.4, -0.2) is 36.0 Å². The molecule has 1 N–H and O–H groups in total. The highest BCUT2D eigenvalue weighted by atomic mass is 16.7. The zero-order valence-electron chi connectivity index (χ0n) is 18.9. The van der Waals surface area contributed by atoms with E-state index in [1.54, 1.807) is 25.1 Å². The number of hydrogen-bond donors (Lipinski definition) is 1. The van der Waals surface area contributed by atoms with Gasteiger partial charge in [-0.2, -0.15) is 0 Å². The van der Waals surface area contributed by atoms with Gasteiger partial charge in [-0.1, -0.05) is 36.4 Å². The quantitative estimate of drug-likeness (QED) is 0.490. The molecule has 1 saturated heterocycles. The summed E-state index contributed by atoms with van der Waals surface area (Å²) in [6.07, 6.45) is 0.0908. The van der Waals surface area contributed by atoms with Gasteiger partial charge in [0.25, 0.3) is 0 Å². The monoisotopic (exact) mass is 426 g/mol. The molecule has 31 heavy (non-hydrogen) atoms. The lowest BCUT2D eigenvalue weighted by Gasteiger charge is -2.32. The number of ether oxygens (including phenoxy) is 2. The maximum absolute atomic E-state index is 12.4. The summed E-state index contributed by atoms with van der Waals surface area (Å²) in [7, 11) is -0.638. The van der Waals surface area contributed by atoms with Crippen molar-refractivity contribution in [2.24, 2.45) is 0 Å². The van der Waals surface area contributed by atoms with Gasteiger partial charge in [-0.05, 0) is 57.9 Å². The third kappa shape index (κ3) is 5.41. The van der Waals surface area contributed by atoms with E-state index in [2.05, 4.69) is 0 Å². The number of carbonyl (C=O) groups is 1. The molecule has 7 heteroatoms. The van der Waals surface area contributed by atoms with Gasteiger partial charge in [-0.3, -0.25) is 4.79 Å². The number of aromatic hydroxyl groups is 1. The van der Waals surface area contributed by atoms with Crippen LogP contribution in [0.15, 0.2) is 48.5 Å². The molecule has 6 nitrogen and oxygen atoms in total. The molecule has 3 rings (SSSR count). The Morgan fingerprint density at radius 2 is 1.71 bits per heavy atom. The first-order valence-corrected chi connectivity index (χ1v) is 10.6. The number of hydrogen-bond acceptors (Lipinski definition) is 6. The fraction of sp³-hybridized carbons (Fsp3) is 0.458. The molecule has 0 saturated carbocycles. The lowest BCUT2D eigenvalue weighted by atomic mass is 9.66. The van der Waals surface area contributed by atoms with E-state index in [1.165, 1.54) is 0 Å². The predicted molar refractivity (Wildman–Crippen MR) is 119 cm³/mol. The molecule has 0 radical (unpaired) electrons. The van der Waals surface area contributed by atoms with Gasteiger partial charge in [0.1, 0.15) is 6.61 Å². The van der Waals surface area contributed by atoms with Gasteiger partial charge in [0.05, 0.1) is 24.2 Å². The van der Waals surface area contributed by atoms with E-state index in [9.17, 15) is 9.90 Å².